The molecule has 2 aromatic carbocycles. The molecule has 0 saturated carbocycles. The largest absolute Gasteiger partial charge is 0.392 e. The van der Waals surface area contributed by atoms with E-state index in [1.54, 1.807) is 0 Å². The van der Waals surface area contributed by atoms with E-state index in [0.717, 1.165) is 6.04 Å². The van der Waals surface area contributed by atoms with E-state index in [4.69, 9.17) is 0 Å². The first-order chi connectivity index (χ1) is 10.9. The summed E-state index contributed by atoms with van der Waals surface area (Å²) >= 11 is 0. The maximum atomic E-state index is 9.58. The zero-order valence-electron chi connectivity index (χ0n) is 14.7. The molecule has 23 heavy (non-hydrogen) atoms. The SMILES string of the molecule is C[Si](C)(C/C(=C\CO)[Si](C)(C)c1ccccc1)c1ccccc1. The van der Waals surface area contributed by atoms with Crippen LogP contribution in [-0.4, -0.2) is 27.9 Å². The third-order valence-electron chi connectivity index (χ3n) is 4.82. The van der Waals surface area contributed by atoms with Crippen molar-refractivity contribution in [2.45, 2.75) is 32.2 Å². The molecule has 0 radical (unpaired) electrons. The zero-order valence-corrected chi connectivity index (χ0v) is 16.7. The number of rotatable bonds is 6. The van der Waals surface area contributed by atoms with E-state index in [9.17, 15) is 5.11 Å². The monoisotopic (exact) mass is 340 g/mol. The number of aliphatic hydroxyl groups excluding tert-OH is 1. The molecule has 1 nitrogen and oxygen atoms in total. The molecule has 0 heterocycles. The minimum atomic E-state index is -1.74. The van der Waals surface area contributed by atoms with Gasteiger partial charge in [0.1, 0.15) is 8.07 Å². The van der Waals surface area contributed by atoms with Gasteiger partial charge in [-0.1, -0.05) is 108 Å². The fourth-order valence-corrected chi connectivity index (χ4v) is 10.7. The molecule has 0 bridgehead atoms. The Kier molecular flexibility index (Phi) is 5.79. The first-order valence-electron chi connectivity index (χ1n) is 8.29. The van der Waals surface area contributed by atoms with E-state index in [2.05, 4.69) is 92.9 Å². The van der Waals surface area contributed by atoms with Crippen LogP contribution in [0.5, 0.6) is 0 Å². The first-order valence-corrected chi connectivity index (χ1v) is 14.5. The van der Waals surface area contributed by atoms with Gasteiger partial charge in [-0.25, -0.2) is 0 Å². The number of allylic oxidation sites excluding steroid dienone is 1. The van der Waals surface area contributed by atoms with Gasteiger partial charge in [-0.2, -0.15) is 0 Å². The van der Waals surface area contributed by atoms with Crippen LogP contribution in [0.3, 0.4) is 0 Å². The highest BCUT2D eigenvalue weighted by Gasteiger charge is 2.33. The summed E-state index contributed by atoms with van der Waals surface area (Å²) in [5.74, 6) is 0. The molecule has 0 aliphatic rings. The molecule has 0 spiro atoms. The summed E-state index contributed by atoms with van der Waals surface area (Å²) < 4.78 is 0. The summed E-state index contributed by atoms with van der Waals surface area (Å²) in [6, 6.07) is 22.8. The molecule has 0 unspecified atom stereocenters. The summed E-state index contributed by atoms with van der Waals surface area (Å²) in [5, 5.41) is 14.0. The predicted molar refractivity (Wildman–Crippen MR) is 107 cm³/mol. The maximum Gasteiger partial charge on any atom is 0.106 e. The van der Waals surface area contributed by atoms with Gasteiger partial charge >= 0.3 is 0 Å². The summed E-state index contributed by atoms with van der Waals surface area (Å²) in [7, 11) is -3.30. The molecule has 122 valence electrons. The number of hydrogen-bond donors (Lipinski definition) is 1. The molecule has 0 aromatic heterocycles. The van der Waals surface area contributed by atoms with Crippen LogP contribution in [0.1, 0.15) is 0 Å². The molecule has 1 N–H and O–H groups in total. The van der Waals surface area contributed by atoms with Crippen molar-refractivity contribution in [3.05, 3.63) is 71.9 Å². The van der Waals surface area contributed by atoms with Gasteiger partial charge in [0, 0.05) is 0 Å². The molecule has 0 fully saturated rings. The van der Waals surface area contributed by atoms with Gasteiger partial charge in [-0.15, -0.1) is 0 Å². The molecule has 0 atom stereocenters. The van der Waals surface area contributed by atoms with Gasteiger partial charge in [0.2, 0.25) is 0 Å². The number of aliphatic hydroxyl groups is 1. The molecular weight excluding hydrogens is 312 g/mol. The van der Waals surface area contributed by atoms with Crippen LogP contribution in [0.4, 0.5) is 0 Å². The second kappa shape index (κ2) is 7.43. The van der Waals surface area contributed by atoms with E-state index >= 15 is 0 Å². The summed E-state index contributed by atoms with van der Waals surface area (Å²) in [6.45, 7) is 9.81. The van der Waals surface area contributed by atoms with Crippen LogP contribution >= 0.6 is 0 Å². The third kappa shape index (κ3) is 4.31. The van der Waals surface area contributed by atoms with Crippen molar-refractivity contribution in [3.63, 3.8) is 0 Å². The molecule has 2 rings (SSSR count). The van der Waals surface area contributed by atoms with Crippen molar-refractivity contribution in [1.29, 1.82) is 0 Å². The maximum absolute atomic E-state index is 9.58. The molecule has 3 heteroatoms. The van der Waals surface area contributed by atoms with Gasteiger partial charge < -0.3 is 5.11 Å². The second-order valence-electron chi connectivity index (χ2n) is 7.33. The van der Waals surface area contributed by atoms with Crippen LogP contribution in [0.2, 0.25) is 32.2 Å². The molecule has 0 aliphatic carbocycles. The predicted octanol–water partition coefficient (Wildman–Crippen LogP) is 3.68. The highest BCUT2D eigenvalue weighted by atomic mass is 28.3. The molecule has 0 amide bonds. The topological polar surface area (TPSA) is 20.2 Å². The van der Waals surface area contributed by atoms with Crippen LogP contribution in [0.25, 0.3) is 0 Å². The van der Waals surface area contributed by atoms with Gasteiger partial charge in [-0.05, 0) is 6.04 Å². The van der Waals surface area contributed by atoms with E-state index in [-0.39, 0.29) is 6.61 Å². The molecular formula is C20H28OSi2. The minimum absolute atomic E-state index is 0.137. The van der Waals surface area contributed by atoms with Gasteiger partial charge in [-0.3, -0.25) is 0 Å². The average Bonchev–Trinajstić information content (AvgIpc) is 2.56. The Balaban J connectivity index is 2.35. The van der Waals surface area contributed by atoms with Crippen molar-refractivity contribution in [2.75, 3.05) is 6.61 Å². The fourth-order valence-electron chi connectivity index (χ4n) is 3.17. The van der Waals surface area contributed by atoms with Crippen LogP contribution in [-0.2, 0) is 0 Å². The van der Waals surface area contributed by atoms with Crippen molar-refractivity contribution in [1.82, 2.24) is 0 Å². The smallest absolute Gasteiger partial charge is 0.106 e. The lowest BCUT2D eigenvalue weighted by Crippen LogP contribution is -2.49. The quantitative estimate of drug-likeness (QED) is 0.796. The fraction of sp³-hybridized carbons (Fsp3) is 0.300. The zero-order chi connectivity index (χ0) is 16.9. The van der Waals surface area contributed by atoms with E-state index in [1.807, 2.05) is 0 Å². The Morgan fingerprint density at radius 1 is 0.826 bits per heavy atom. The molecule has 2 aromatic rings. The third-order valence-corrected chi connectivity index (χ3v) is 12.1. The van der Waals surface area contributed by atoms with Crippen molar-refractivity contribution in [2.24, 2.45) is 0 Å². The summed E-state index contributed by atoms with van der Waals surface area (Å²) in [6.07, 6.45) is 2.08. The normalized spacial score (nSPS) is 13.2. The Labute approximate surface area is 142 Å². The average molecular weight is 341 g/mol. The lowest BCUT2D eigenvalue weighted by molar-refractivity contribution is 0.342. The lowest BCUT2D eigenvalue weighted by Gasteiger charge is -2.33. The molecule has 0 saturated heterocycles. The van der Waals surface area contributed by atoms with Crippen LogP contribution in [0, 0.1) is 0 Å². The highest BCUT2D eigenvalue weighted by molar-refractivity contribution is 6.99. The van der Waals surface area contributed by atoms with Crippen molar-refractivity contribution >= 4 is 26.5 Å². The van der Waals surface area contributed by atoms with Crippen LogP contribution < -0.4 is 10.4 Å². The Hall–Kier alpha value is -1.43. The summed E-state index contributed by atoms with van der Waals surface area (Å²) in [4.78, 5) is 0. The Bertz CT molecular complexity index is 646. The standard InChI is InChI=1S/C20H28OSi2/c1-22(2,18-11-7-5-8-12-18)17-20(15-16-21)23(3,4)19-13-9-6-10-14-19/h5-15,21H,16-17H2,1-4H3/b20-15+. The Morgan fingerprint density at radius 2 is 1.30 bits per heavy atom. The van der Waals surface area contributed by atoms with Gasteiger partial charge in [0.15, 0.2) is 0 Å². The van der Waals surface area contributed by atoms with Crippen molar-refractivity contribution < 1.29 is 5.11 Å². The van der Waals surface area contributed by atoms with Crippen LogP contribution in [0.15, 0.2) is 71.9 Å². The number of benzene rings is 2. The first kappa shape index (κ1) is 17.9. The lowest BCUT2D eigenvalue weighted by atomic mass is 10.4. The van der Waals surface area contributed by atoms with Gasteiger partial charge in [0.25, 0.3) is 0 Å². The van der Waals surface area contributed by atoms with E-state index in [1.165, 1.54) is 15.6 Å². The second-order valence-corrected chi connectivity index (χ2v) is 16.5. The summed E-state index contributed by atoms with van der Waals surface area (Å²) in [5.41, 5.74) is 0. The van der Waals surface area contributed by atoms with E-state index < -0.39 is 16.1 Å². The highest BCUT2D eigenvalue weighted by Crippen LogP contribution is 2.25. The minimum Gasteiger partial charge on any atom is -0.392 e. The molecule has 0 aliphatic heterocycles. The van der Waals surface area contributed by atoms with E-state index in [0.29, 0.717) is 0 Å². The van der Waals surface area contributed by atoms with Crippen molar-refractivity contribution in [3.8, 4) is 0 Å². The number of hydrogen-bond acceptors (Lipinski definition) is 1. The van der Waals surface area contributed by atoms with Gasteiger partial charge in [0.05, 0.1) is 14.7 Å². The Morgan fingerprint density at radius 3 is 1.78 bits per heavy atom.